The van der Waals surface area contributed by atoms with Crippen molar-refractivity contribution in [1.82, 2.24) is 0 Å². The van der Waals surface area contributed by atoms with Gasteiger partial charge in [-0.05, 0) is 12.1 Å². The van der Waals surface area contributed by atoms with Crippen molar-refractivity contribution in [2.45, 2.75) is 0 Å². The van der Waals surface area contributed by atoms with Gasteiger partial charge in [-0.15, -0.1) is 0 Å². The maximum absolute atomic E-state index is 12.3. The molecule has 2 aromatic rings. The Labute approximate surface area is 138 Å². The number of aromatic carboxylic acids is 1. The van der Waals surface area contributed by atoms with Crippen molar-refractivity contribution < 1.29 is 24.2 Å². The smallest absolute Gasteiger partial charge is 0.335 e. The summed E-state index contributed by atoms with van der Waals surface area (Å²) in [5, 5.41) is 16.4. The number of rotatable bonds is 3. The molecule has 128 valence electrons. The second kappa shape index (κ2) is 7.76. The molecule has 7 heteroatoms. The van der Waals surface area contributed by atoms with E-state index in [0.717, 1.165) is 7.11 Å². The Morgan fingerprint density at radius 2 is 1.92 bits per heavy atom. The zero-order valence-electron chi connectivity index (χ0n) is 13.3. The summed E-state index contributed by atoms with van der Waals surface area (Å²) in [6, 6.07) is 4.18. The van der Waals surface area contributed by atoms with Crippen LogP contribution in [0.4, 0.5) is 5.88 Å². The van der Waals surface area contributed by atoms with Crippen LogP contribution in [0.2, 0.25) is 0 Å². The standard InChI is InChI=1S/C16H15NO5.CH4O/c1-2-10-7-11(16(19)20)8-12-13(18)9-14(22-15(10)12)17-3-5-21-6-4-17;1-2/h2,7-9H,1,3-6H2,(H,19,20);2H,1H3. The zero-order chi connectivity index (χ0) is 17.7. The Kier molecular flexibility index (Phi) is 5.73. The molecular weight excluding hydrogens is 314 g/mol. The average Bonchev–Trinajstić information content (AvgIpc) is 2.63. The molecule has 0 atom stereocenters. The summed E-state index contributed by atoms with van der Waals surface area (Å²) in [6.45, 7) is 6.11. The number of nitrogens with zero attached hydrogens (tertiary/aromatic N) is 1. The van der Waals surface area contributed by atoms with Crippen LogP contribution in [0.15, 0.2) is 34.0 Å². The summed E-state index contributed by atoms with van der Waals surface area (Å²) < 4.78 is 11.1. The van der Waals surface area contributed by atoms with E-state index in [1.165, 1.54) is 24.3 Å². The summed E-state index contributed by atoms with van der Waals surface area (Å²) in [5.74, 6) is -0.631. The van der Waals surface area contributed by atoms with Gasteiger partial charge >= 0.3 is 5.97 Å². The number of carboxylic acids is 1. The topological polar surface area (TPSA) is 100 Å². The van der Waals surface area contributed by atoms with Gasteiger partial charge < -0.3 is 24.3 Å². The molecule has 0 unspecified atom stereocenters. The number of carboxylic acid groups (broad SMARTS) is 1. The molecular formula is C17H19NO6. The SMILES string of the molecule is C=Cc1cc(C(=O)O)cc2c(=O)cc(N3CCOCC3)oc12.CO. The lowest BCUT2D eigenvalue weighted by atomic mass is 10.1. The molecule has 0 amide bonds. The second-order valence-corrected chi connectivity index (χ2v) is 5.00. The minimum absolute atomic E-state index is 0.0359. The monoisotopic (exact) mass is 333 g/mol. The zero-order valence-corrected chi connectivity index (χ0v) is 13.3. The summed E-state index contributed by atoms with van der Waals surface area (Å²) in [5.41, 5.74) is 0.610. The van der Waals surface area contributed by atoms with Gasteiger partial charge in [0, 0.05) is 31.8 Å². The number of aliphatic hydroxyl groups excluding tert-OH is 1. The first-order chi connectivity index (χ1) is 11.6. The molecule has 7 nitrogen and oxygen atoms in total. The highest BCUT2D eigenvalue weighted by Crippen LogP contribution is 2.25. The number of fused-ring (bicyclic) bond motifs is 1. The van der Waals surface area contributed by atoms with E-state index < -0.39 is 5.97 Å². The Morgan fingerprint density at radius 3 is 2.50 bits per heavy atom. The van der Waals surface area contributed by atoms with Gasteiger partial charge in [0.2, 0.25) is 0 Å². The summed E-state index contributed by atoms with van der Waals surface area (Å²) in [6.07, 6.45) is 1.49. The number of hydrogen-bond acceptors (Lipinski definition) is 6. The maximum atomic E-state index is 12.3. The minimum Gasteiger partial charge on any atom is -0.478 e. The molecule has 1 fully saturated rings. The van der Waals surface area contributed by atoms with E-state index in [4.69, 9.17) is 19.4 Å². The molecule has 0 spiro atoms. The van der Waals surface area contributed by atoms with E-state index in [2.05, 4.69) is 6.58 Å². The molecule has 2 N–H and O–H groups in total. The number of anilines is 1. The number of aliphatic hydroxyl groups is 1. The number of morpholine rings is 1. The van der Waals surface area contributed by atoms with Gasteiger partial charge in [0.1, 0.15) is 5.58 Å². The predicted molar refractivity (Wildman–Crippen MR) is 90.7 cm³/mol. The Morgan fingerprint density at radius 1 is 1.25 bits per heavy atom. The Bertz CT molecular complexity index is 805. The summed E-state index contributed by atoms with van der Waals surface area (Å²) in [4.78, 5) is 25.4. The van der Waals surface area contributed by atoms with Crippen LogP contribution in [0.3, 0.4) is 0 Å². The second-order valence-electron chi connectivity index (χ2n) is 5.00. The minimum atomic E-state index is -1.10. The molecule has 0 radical (unpaired) electrons. The van der Waals surface area contributed by atoms with Crippen LogP contribution in [0.25, 0.3) is 17.0 Å². The molecule has 0 saturated carbocycles. The fourth-order valence-corrected chi connectivity index (χ4v) is 2.49. The third-order valence-electron chi connectivity index (χ3n) is 3.63. The van der Waals surface area contributed by atoms with E-state index in [1.807, 2.05) is 4.90 Å². The number of benzene rings is 1. The fourth-order valence-electron chi connectivity index (χ4n) is 2.49. The number of carbonyl (C=O) groups is 1. The van der Waals surface area contributed by atoms with Crippen molar-refractivity contribution in [3.05, 3.63) is 46.1 Å². The molecule has 1 aromatic heterocycles. The number of hydrogen-bond donors (Lipinski definition) is 2. The summed E-state index contributed by atoms with van der Waals surface area (Å²) >= 11 is 0. The van der Waals surface area contributed by atoms with Gasteiger partial charge in [-0.25, -0.2) is 4.79 Å². The first-order valence-electron chi connectivity index (χ1n) is 7.35. The highest BCUT2D eigenvalue weighted by atomic mass is 16.5. The van der Waals surface area contributed by atoms with E-state index in [-0.39, 0.29) is 16.4 Å². The van der Waals surface area contributed by atoms with Crippen molar-refractivity contribution >= 4 is 28.9 Å². The third-order valence-corrected chi connectivity index (χ3v) is 3.63. The van der Waals surface area contributed by atoms with Gasteiger partial charge in [0.05, 0.1) is 24.2 Å². The lowest BCUT2D eigenvalue weighted by molar-refractivity contribution is 0.0697. The largest absolute Gasteiger partial charge is 0.478 e. The number of ether oxygens (including phenoxy) is 1. The van der Waals surface area contributed by atoms with Gasteiger partial charge in [0.15, 0.2) is 11.3 Å². The van der Waals surface area contributed by atoms with Crippen molar-refractivity contribution in [2.24, 2.45) is 0 Å². The van der Waals surface area contributed by atoms with E-state index in [9.17, 15) is 9.59 Å². The average molecular weight is 333 g/mol. The quantitative estimate of drug-likeness (QED) is 0.879. The van der Waals surface area contributed by atoms with Gasteiger partial charge in [0.25, 0.3) is 0 Å². The third kappa shape index (κ3) is 3.47. The van der Waals surface area contributed by atoms with Crippen LogP contribution in [0.5, 0.6) is 0 Å². The van der Waals surface area contributed by atoms with Crippen LogP contribution < -0.4 is 10.3 Å². The molecule has 2 heterocycles. The highest BCUT2D eigenvalue weighted by Gasteiger charge is 2.17. The maximum Gasteiger partial charge on any atom is 0.335 e. The van der Waals surface area contributed by atoms with Crippen LogP contribution in [0.1, 0.15) is 15.9 Å². The van der Waals surface area contributed by atoms with E-state index in [0.29, 0.717) is 43.3 Å². The van der Waals surface area contributed by atoms with E-state index >= 15 is 0 Å². The summed E-state index contributed by atoms with van der Waals surface area (Å²) in [7, 11) is 1.00. The Balaban J connectivity index is 0.00000100. The molecule has 1 aliphatic heterocycles. The lowest BCUT2D eigenvalue weighted by Crippen LogP contribution is -2.36. The van der Waals surface area contributed by atoms with Crippen molar-refractivity contribution in [3.63, 3.8) is 0 Å². The molecule has 1 saturated heterocycles. The van der Waals surface area contributed by atoms with Crippen LogP contribution >= 0.6 is 0 Å². The fraction of sp³-hybridized carbons (Fsp3) is 0.294. The predicted octanol–water partition coefficient (Wildman–Crippen LogP) is 1.58. The first-order valence-corrected chi connectivity index (χ1v) is 7.35. The van der Waals surface area contributed by atoms with Crippen molar-refractivity contribution in [2.75, 3.05) is 38.3 Å². The van der Waals surface area contributed by atoms with Crippen LogP contribution in [0, 0.1) is 0 Å². The van der Waals surface area contributed by atoms with Crippen molar-refractivity contribution in [3.8, 4) is 0 Å². The molecule has 1 aliphatic rings. The molecule has 24 heavy (non-hydrogen) atoms. The molecule has 1 aromatic carbocycles. The molecule has 0 aliphatic carbocycles. The Hall–Kier alpha value is -2.64. The van der Waals surface area contributed by atoms with Crippen LogP contribution in [-0.4, -0.2) is 49.6 Å². The van der Waals surface area contributed by atoms with Crippen LogP contribution in [-0.2, 0) is 4.74 Å². The first kappa shape index (κ1) is 17.7. The normalized spacial score (nSPS) is 14.0. The van der Waals surface area contributed by atoms with Crippen molar-refractivity contribution in [1.29, 1.82) is 0 Å². The molecule has 0 bridgehead atoms. The molecule has 3 rings (SSSR count). The van der Waals surface area contributed by atoms with Gasteiger partial charge in [-0.2, -0.15) is 0 Å². The van der Waals surface area contributed by atoms with Gasteiger partial charge in [-0.3, -0.25) is 4.79 Å². The van der Waals surface area contributed by atoms with Gasteiger partial charge in [-0.1, -0.05) is 12.7 Å². The highest BCUT2D eigenvalue weighted by molar-refractivity contribution is 5.96. The lowest BCUT2D eigenvalue weighted by Gasteiger charge is -2.27. The van der Waals surface area contributed by atoms with E-state index in [1.54, 1.807) is 0 Å².